The molecule has 1 N–H and O–H groups in total. The monoisotopic (exact) mass is 343 g/mol. The normalized spacial score (nSPS) is 18.0. The maximum absolute atomic E-state index is 12.7. The van der Waals surface area contributed by atoms with E-state index in [0.29, 0.717) is 17.7 Å². The van der Waals surface area contributed by atoms with Gasteiger partial charge in [-0.15, -0.1) is 0 Å². The van der Waals surface area contributed by atoms with Crippen molar-refractivity contribution in [2.24, 2.45) is 0 Å². The Kier molecular flexibility index (Phi) is 3.22. The Morgan fingerprint density at radius 3 is 2.35 bits per heavy atom. The van der Waals surface area contributed by atoms with E-state index in [4.69, 9.17) is 0 Å². The molecule has 0 saturated carbocycles. The zero-order valence-corrected chi connectivity index (χ0v) is 14.1. The van der Waals surface area contributed by atoms with Crippen LogP contribution in [-0.2, 0) is 6.54 Å². The van der Waals surface area contributed by atoms with Crippen LogP contribution >= 0.6 is 0 Å². The lowest BCUT2D eigenvalue weighted by molar-refractivity contribution is 0.0647. The molecular formula is C21H17N3O2. The molecule has 26 heavy (non-hydrogen) atoms. The molecule has 2 amide bonds. The number of rotatable bonds is 2. The number of aromatic nitrogens is 1. The molecule has 3 heterocycles. The fourth-order valence-corrected chi connectivity index (χ4v) is 3.86. The molecule has 2 aromatic carbocycles. The van der Waals surface area contributed by atoms with Crippen molar-refractivity contribution in [3.05, 3.63) is 89.2 Å². The van der Waals surface area contributed by atoms with Crippen LogP contribution in [-0.4, -0.2) is 27.8 Å². The average Bonchev–Trinajstić information content (AvgIpc) is 3.17. The number of nitrogens with one attached hydrogen (secondary N) is 1. The molecule has 2 aliphatic rings. The molecule has 0 saturated heterocycles. The van der Waals surface area contributed by atoms with Crippen LogP contribution in [0.5, 0.6) is 0 Å². The first kappa shape index (κ1) is 15.0. The third kappa shape index (κ3) is 2.17. The summed E-state index contributed by atoms with van der Waals surface area (Å²) in [5.74, 6) is -0.439. The summed E-state index contributed by atoms with van der Waals surface area (Å²) >= 11 is 0. The Bertz CT molecular complexity index is 1000. The van der Waals surface area contributed by atoms with Crippen LogP contribution in [0, 0.1) is 0 Å². The first-order valence-corrected chi connectivity index (χ1v) is 8.67. The lowest BCUT2D eigenvalue weighted by atomic mass is 10.1. The highest BCUT2D eigenvalue weighted by atomic mass is 16.2. The fraction of sp³-hybridized carbons (Fsp3) is 0.143. The van der Waals surface area contributed by atoms with E-state index in [9.17, 15) is 9.59 Å². The van der Waals surface area contributed by atoms with Crippen molar-refractivity contribution < 1.29 is 9.59 Å². The van der Waals surface area contributed by atoms with Crippen molar-refractivity contribution in [3.63, 3.8) is 0 Å². The topological polar surface area (TPSA) is 54.3 Å². The lowest BCUT2D eigenvalue weighted by Gasteiger charge is -2.24. The molecule has 2 aliphatic heterocycles. The minimum absolute atomic E-state index is 0.157. The summed E-state index contributed by atoms with van der Waals surface area (Å²) in [6.07, 6.45) is 2.04. The number of para-hydroxylation sites is 1. The Labute approximate surface area is 150 Å². The lowest BCUT2D eigenvalue weighted by Crippen LogP contribution is -2.36. The molecule has 5 nitrogen and oxygen atoms in total. The van der Waals surface area contributed by atoms with Crippen LogP contribution in [0.4, 0.5) is 5.69 Å². The predicted octanol–water partition coefficient (Wildman–Crippen LogP) is 3.30. The van der Waals surface area contributed by atoms with Crippen molar-refractivity contribution in [3.8, 4) is 0 Å². The van der Waals surface area contributed by atoms with Gasteiger partial charge in [0, 0.05) is 24.1 Å². The van der Waals surface area contributed by atoms with Gasteiger partial charge in [0.1, 0.15) is 0 Å². The third-order valence-corrected chi connectivity index (χ3v) is 5.15. The van der Waals surface area contributed by atoms with Gasteiger partial charge in [0.15, 0.2) is 0 Å². The molecule has 5 rings (SSSR count). The van der Waals surface area contributed by atoms with Gasteiger partial charge in [-0.25, -0.2) is 0 Å². The minimum Gasteiger partial charge on any atom is -0.375 e. The number of fused-ring (bicyclic) bond motifs is 3. The minimum atomic E-state index is -0.219. The Morgan fingerprint density at radius 2 is 1.58 bits per heavy atom. The molecule has 1 aromatic heterocycles. The van der Waals surface area contributed by atoms with Gasteiger partial charge in [0.05, 0.1) is 23.7 Å². The summed E-state index contributed by atoms with van der Waals surface area (Å²) in [5, 5.41) is 3.53. The first-order valence-electron chi connectivity index (χ1n) is 8.67. The second kappa shape index (κ2) is 5.59. The average molecular weight is 343 g/mol. The van der Waals surface area contributed by atoms with E-state index in [1.165, 1.54) is 10.5 Å². The van der Waals surface area contributed by atoms with E-state index in [0.717, 1.165) is 17.9 Å². The summed E-state index contributed by atoms with van der Waals surface area (Å²) in [4.78, 5) is 26.8. The fourth-order valence-electron chi connectivity index (χ4n) is 3.86. The molecule has 0 spiro atoms. The highest BCUT2D eigenvalue weighted by molar-refractivity contribution is 6.21. The van der Waals surface area contributed by atoms with Gasteiger partial charge in [0.25, 0.3) is 11.8 Å². The number of carbonyl (C=O) groups is 2. The number of benzene rings is 2. The van der Waals surface area contributed by atoms with Crippen LogP contribution in [0.25, 0.3) is 0 Å². The highest BCUT2D eigenvalue weighted by Crippen LogP contribution is 2.31. The molecule has 3 aromatic rings. The van der Waals surface area contributed by atoms with Crippen LogP contribution in [0.3, 0.4) is 0 Å². The zero-order valence-electron chi connectivity index (χ0n) is 14.1. The van der Waals surface area contributed by atoms with E-state index in [2.05, 4.69) is 16.0 Å². The van der Waals surface area contributed by atoms with Gasteiger partial charge in [0.2, 0.25) is 0 Å². The van der Waals surface area contributed by atoms with E-state index >= 15 is 0 Å². The maximum atomic E-state index is 12.7. The number of nitrogens with zero attached hydrogens (tertiary/aromatic N) is 2. The van der Waals surface area contributed by atoms with Crippen molar-refractivity contribution in [2.45, 2.75) is 12.6 Å². The first-order chi connectivity index (χ1) is 12.7. The number of imide groups is 1. The van der Waals surface area contributed by atoms with Crippen molar-refractivity contribution in [1.82, 2.24) is 9.47 Å². The molecule has 5 heteroatoms. The Morgan fingerprint density at radius 1 is 0.885 bits per heavy atom. The Hall–Kier alpha value is -3.34. The summed E-state index contributed by atoms with van der Waals surface area (Å²) < 4.78 is 2.17. The Balaban J connectivity index is 1.51. The quantitative estimate of drug-likeness (QED) is 0.727. The number of hydrogen-bond donors (Lipinski definition) is 1. The molecule has 0 fully saturated rings. The van der Waals surface area contributed by atoms with Gasteiger partial charge >= 0.3 is 0 Å². The highest BCUT2D eigenvalue weighted by Gasteiger charge is 2.37. The van der Waals surface area contributed by atoms with Crippen molar-refractivity contribution >= 4 is 17.5 Å². The largest absolute Gasteiger partial charge is 0.375 e. The van der Waals surface area contributed by atoms with Crippen molar-refractivity contribution in [1.29, 1.82) is 0 Å². The molecule has 1 atom stereocenters. The number of anilines is 1. The third-order valence-electron chi connectivity index (χ3n) is 5.15. The number of hydrogen-bond acceptors (Lipinski definition) is 3. The van der Waals surface area contributed by atoms with Gasteiger partial charge < -0.3 is 9.88 Å². The molecule has 0 radical (unpaired) electrons. The summed E-state index contributed by atoms with van der Waals surface area (Å²) in [7, 11) is 0. The standard InChI is InChI=1S/C21H17N3O2/c25-20-15-7-2-3-8-16(15)21(26)24(20)13-18-19-10-5-11-23(19)12-14-6-1-4-9-17(14)22-18/h1-11,18,22H,12-13H2/t18-/m1/s1. The van der Waals surface area contributed by atoms with Crippen molar-refractivity contribution in [2.75, 3.05) is 11.9 Å². The number of carbonyl (C=O) groups excluding carboxylic acids is 2. The SMILES string of the molecule is O=C1c2ccccc2C(=O)N1C[C@H]1Nc2ccccc2Cn2cccc21. The van der Waals surface area contributed by atoms with E-state index in [-0.39, 0.29) is 17.9 Å². The predicted molar refractivity (Wildman–Crippen MR) is 98.1 cm³/mol. The zero-order chi connectivity index (χ0) is 17.7. The second-order valence-electron chi connectivity index (χ2n) is 6.68. The van der Waals surface area contributed by atoms with E-state index < -0.39 is 0 Å². The van der Waals surface area contributed by atoms with Crippen LogP contribution < -0.4 is 5.32 Å². The summed E-state index contributed by atoms with van der Waals surface area (Å²) in [5.41, 5.74) is 4.27. The molecule has 0 unspecified atom stereocenters. The van der Waals surface area contributed by atoms with Gasteiger partial charge in [-0.3, -0.25) is 14.5 Å². The molecule has 0 aliphatic carbocycles. The molecular weight excluding hydrogens is 326 g/mol. The van der Waals surface area contributed by atoms with Crippen LogP contribution in [0.2, 0.25) is 0 Å². The van der Waals surface area contributed by atoms with Gasteiger partial charge in [-0.1, -0.05) is 30.3 Å². The van der Waals surface area contributed by atoms with Crippen LogP contribution in [0.15, 0.2) is 66.9 Å². The van der Waals surface area contributed by atoms with E-state index in [1.54, 1.807) is 24.3 Å². The van der Waals surface area contributed by atoms with Gasteiger partial charge in [-0.05, 0) is 35.9 Å². The molecule has 128 valence electrons. The summed E-state index contributed by atoms with van der Waals surface area (Å²) in [6.45, 7) is 1.06. The maximum Gasteiger partial charge on any atom is 0.261 e. The van der Waals surface area contributed by atoms with Crippen LogP contribution in [0.1, 0.15) is 38.0 Å². The second-order valence-corrected chi connectivity index (χ2v) is 6.68. The molecule has 0 bridgehead atoms. The number of amides is 2. The smallest absolute Gasteiger partial charge is 0.261 e. The van der Waals surface area contributed by atoms with E-state index in [1.807, 2.05) is 36.5 Å². The summed E-state index contributed by atoms with van der Waals surface area (Å²) in [6, 6.07) is 19.0. The van der Waals surface area contributed by atoms with Gasteiger partial charge in [-0.2, -0.15) is 0 Å².